The molecule has 9 heteroatoms. The van der Waals surface area contributed by atoms with E-state index in [1.807, 2.05) is 6.07 Å². The normalized spacial score (nSPS) is 29.0. The van der Waals surface area contributed by atoms with Crippen LogP contribution in [0.5, 0.6) is 0 Å². The number of rotatable bonds is 3. The average Bonchev–Trinajstić information content (AvgIpc) is 3.19. The topological polar surface area (TPSA) is 88.3 Å². The lowest BCUT2D eigenvalue weighted by Gasteiger charge is -2.41. The molecule has 146 valence electrons. The molecule has 0 aromatic carbocycles. The van der Waals surface area contributed by atoms with Crippen molar-refractivity contribution in [3.05, 3.63) is 40.9 Å². The summed E-state index contributed by atoms with van der Waals surface area (Å²) in [5.41, 5.74) is 0.0873. The molecular weight excluding hydrogens is 388 g/mol. The van der Waals surface area contributed by atoms with Crippen LogP contribution in [-0.4, -0.2) is 45.7 Å². The van der Waals surface area contributed by atoms with E-state index >= 15 is 0 Å². The molecule has 1 saturated heterocycles. The number of fused-ring (bicyclic) bond motifs is 1. The van der Waals surface area contributed by atoms with Crippen molar-refractivity contribution >= 4 is 21.6 Å². The summed E-state index contributed by atoms with van der Waals surface area (Å²) in [6, 6.07) is 3.67. The molecule has 27 heavy (non-hydrogen) atoms. The number of sulfonamides is 1. The fourth-order valence-electron chi connectivity index (χ4n) is 4.69. The maximum Gasteiger partial charge on any atom is 0.248 e. The maximum atomic E-state index is 13.3. The van der Waals surface area contributed by atoms with Crippen molar-refractivity contribution in [3.8, 4) is 0 Å². The van der Waals surface area contributed by atoms with Gasteiger partial charge in [-0.3, -0.25) is 9.67 Å². The second kappa shape index (κ2) is 6.55. The van der Waals surface area contributed by atoms with Gasteiger partial charge in [0.25, 0.3) is 0 Å². The molecular formula is C18H23ClN4O3S. The summed E-state index contributed by atoms with van der Waals surface area (Å²) in [5.74, 6) is -0.0598. The third-order valence-electron chi connectivity index (χ3n) is 6.01. The van der Waals surface area contributed by atoms with E-state index in [4.69, 9.17) is 11.6 Å². The van der Waals surface area contributed by atoms with Crippen LogP contribution in [-0.2, 0) is 22.7 Å². The van der Waals surface area contributed by atoms with Gasteiger partial charge in [0.1, 0.15) is 10.0 Å². The number of aryl methyl sites for hydroxylation is 2. The Balaban J connectivity index is 1.69. The minimum atomic E-state index is -3.78. The Hall–Kier alpha value is -1.48. The van der Waals surface area contributed by atoms with E-state index in [2.05, 4.69) is 10.1 Å². The molecule has 3 atom stereocenters. The Labute approximate surface area is 164 Å². The molecule has 0 radical (unpaired) electrons. The van der Waals surface area contributed by atoms with E-state index in [9.17, 15) is 13.5 Å². The summed E-state index contributed by atoms with van der Waals surface area (Å²) in [7, 11) is -2.15. The monoisotopic (exact) mass is 410 g/mol. The van der Waals surface area contributed by atoms with Crippen LogP contribution >= 0.6 is 11.6 Å². The van der Waals surface area contributed by atoms with E-state index in [-0.39, 0.29) is 28.4 Å². The van der Waals surface area contributed by atoms with Crippen LogP contribution < -0.4 is 0 Å². The fourth-order valence-corrected chi connectivity index (χ4v) is 6.92. The average molecular weight is 411 g/mol. The molecule has 0 spiro atoms. The molecule has 0 bridgehead atoms. The third-order valence-corrected chi connectivity index (χ3v) is 8.54. The van der Waals surface area contributed by atoms with Crippen LogP contribution in [0.15, 0.2) is 29.4 Å². The van der Waals surface area contributed by atoms with Gasteiger partial charge in [0.05, 0.1) is 11.3 Å². The lowest BCUT2D eigenvalue weighted by molar-refractivity contribution is -0.0643. The molecule has 1 N–H and O–H groups in total. The van der Waals surface area contributed by atoms with Gasteiger partial charge in [-0.25, -0.2) is 8.42 Å². The molecule has 3 heterocycles. The Morgan fingerprint density at radius 3 is 2.78 bits per heavy atom. The van der Waals surface area contributed by atoms with Gasteiger partial charge in [0.15, 0.2) is 0 Å². The first-order valence-corrected chi connectivity index (χ1v) is 10.9. The highest BCUT2D eigenvalue weighted by molar-refractivity contribution is 7.89. The van der Waals surface area contributed by atoms with E-state index in [0.717, 1.165) is 18.4 Å². The summed E-state index contributed by atoms with van der Waals surface area (Å²) in [4.78, 5) is 4.21. The highest BCUT2D eigenvalue weighted by atomic mass is 35.5. The fraction of sp³-hybridized carbons (Fsp3) is 0.556. The van der Waals surface area contributed by atoms with Crippen molar-refractivity contribution in [2.45, 2.75) is 36.7 Å². The van der Waals surface area contributed by atoms with Gasteiger partial charge in [0, 0.05) is 44.0 Å². The molecule has 2 aromatic heterocycles. The number of aromatic nitrogens is 3. The quantitative estimate of drug-likeness (QED) is 0.836. The number of halogens is 1. The van der Waals surface area contributed by atoms with Crippen molar-refractivity contribution in [2.24, 2.45) is 18.9 Å². The zero-order valence-corrected chi connectivity index (χ0v) is 16.9. The highest BCUT2D eigenvalue weighted by Crippen LogP contribution is 2.49. The van der Waals surface area contributed by atoms with E-state index in [1.54, 1.807) is 32.4 Å². The summed E-state index contributed by atoms with van der Waals surface area (Å²) in [5, 5.41) is 15.7. The number of aliphatic hydroxyl groups is 1. The summed E-state index contributed by atoms with van der Waals surface area (Å²) in [6.45, 7) is 2.30. The Morgan fingerprint density at radius 2 is 2.15 bits per heavy atom. The second-order valence-corrected chi connectivity index (χ2v) is 9.81. The van der Waals surface area contributed by atoms with Gasteiger partial charge in [-0.2, -0.15) is 9.40 Å². The Kier molecular flexibility index (Phi) is 4.57. The van der Waals surface area contributed by atoms with E-state index < -0.39 is 15.6 Å². The zero-order chi connectivity index (χ0) is 19.4. The molecule has 1 saturated carbocycles. The molecule has 1 aliphatic heterocycles. The van der Waals surface area contributed by atoms with Crippen molar-refractivity contribution in [2.75, 3.05) is 13.1 Å². The van der Waals surface area contributed by atoms with Gasteiger partial charge in [-0.15, -0.1) is 0 Å². The predicted octanol–water partition coefficient (Wildman–Crippen LogP) is 2.09. The SMILES string of the molecule is Cc1nn(C)c(Cl)c1S(=O)(=O)N1C[C@@H]2CCC[C@@](O)(c3cccnc3)[C@H]2C1. The molecule has 2 aliphatic rings. The molecule has 4 rings (SSSR count). The smallest absolute Gasteiger partial charge is 0.248 e. The molecule has 7 nitrogen and oxygen atoms in total. The van der Waals surface area contributed by atoms with Gasteiger partial charge < -0.3 is 5.11 Å². The first-order valence-electron chi connectivity index (χ1n) is 9.07. The molecule has 2 aromatic rings. The van der Waals surface area contributed by atoms with Crippen molar-refractivity contribution < 1.29 is 13.5 Å². The lowest BCUT2D eigenvalue weighted by Crippen LogP contribution is -2.43. The number of hydrogen-bond donors (Lipinski definition) is 1. The summed E-state index contributed by atoms with van der Waals surface area (Å²) < 4.78 is 29.4. The minimum absolute atomic E-state index is 0.0650. The van der Waals surface area contributed by atoms with Crippen LogP contribution in [0.2, 0.25) is 5.15 Å². The highest BCUT2D eigenvalue weighted by Gasteiger charge is 2.52. The van der Waals surface area contributed by atoms with Crippen molar-refractivity contribution in [1.82, 2.24) is 19.1 Å². The van der Waals surface area contributed by atoms with Crippen molar-refractivity contribution in [1.29, 1.82) is 0 Å². The number of nitrogens with zero attached hydrogens (tertiary/aromatic N) is 4. The number of pyridine rings is 1. The van der Waals surface area contributed by atoms with Crippen LogP contribution in [0.1, 0.15) is 30.5 Å². The number of hydrogen-bond acceptors (Lipinski definition) is 5. The van der Waals surface area contributed by atoms with Crippen molar-refractivity contribution in [3.63, 3.8) is 0 Å². The van der Waals surface area contributed by atoms with Gasteiger partial charge >= 0.3 is 0 Å². The minimum Gasteiger partial charge on any atom is -0.385 e. The first kappa shape index (κ1) is 18.9. The molecule has 2 fully saturated rings. The first-order chi connectivity index (χ1) is 12.7. The Morgan fingerprint density at radius 1 is 1.37 bits per heavy atom. The lowest BCUT2D eigenvalue weighted by atomic mass is 9.68. The van der Waals surface area contributed by atoms with E-state index in [1.165, 1.54) is 8.99 Å². The van der Waals surface area contributed by atoms with Gasteiger partial charge in [-0.1, -0.05) is 17.7 Å². The van der Waals surface area contributed by atoms with Gasteiger partial charge in [0.2, 0.25) is 10.0 Å². The Bertz CT molecular complexity index is 962. The standard InChI is InChI=1S/C18H23ClN4O3S/c1-12-16(17(19)22(2)21-12)27(25,26)23-10-13-5-3-7-18(24,15(13)11-23)14-6-4-8-20-9-14/h4,6,8-9,13,15,24H,3,5,7,10-11H2,1-2H3/t13-,15-,18+/m0/s1. The predicted molar refractivity (Wildman–Crippen MR) is 101 cm³/mol. The largest absolute Gasteiger partial charge is 0.385 e. The molecule has 1 aliphatic carbocycles. The summed E-state index contributed by atoms with van der Waals surface area (Å²) in [6.07, 6.45) is 5.72. The van der Waals surface area contributed by atoms with Gasteiger partial charge in [-0.05, 0) is 38.2 Å². The maximum absolute atomic E-state index is 13.3. The van der Waals surface area contributed by atoms with Crippen LogP contribution in [0.3, 0.4) is 0 Å². The molecule has 0 unspecified atom stereocenters. The second-order valence-electron chi connectivity index (χ2n) is 7.58. The van der Waals surface area contributed by atoms with Crippen LogP contribution in [0.4, 0.5) is 0 Å². The third kappa shape index (κ3) is 2.90. The van der Waals surface area contributed by atoms with Crippen LogP contribution in [0.25, 0.3) is 0 Å². The van der Waals surface area contributed by atoms with Crippen LogP contribution in [0, 0.1) is 18.8 Å². The molecule has 0 amide bonds. The van der Waals surface area contributed by atoms with E-state index in [0.29, 0.717) is 18.7 Å². The summed E-state index contributed by atoms with van der Waals surface area (Å²) >= 11 is 6.22. The zero-order valence-electron chi connectivity index (χ0n) is 15.3.